The summed E-state index contributed by atoms with van der Waals surface area (Å²) >= 11 is 0. The third-order valence-electron chi connectivity index (χ3n) is 3.33. The lowest BCUT2D eigenvalue weighted by atomic mass is 9.87. The van der Waals surface area contributed by atoms with Gasteiger partial charge in [0.1, 0.15) is 5.75 Å². The summed E-state index contributed by atoms with van der Waals surface area (Å²) in [5.41, 5.74) is 0.832. The lowest BCUT2D eigenvalue weighted by molar-refractivity contribution is 0.413. The molecule has 1 aliphatic rings. The first kappa shape index (κ1) is 12.9. The van der Waals surface area contributed by atoms with Crippen LogP contribution in [-0.4, -0.2) is 27.0 Å². The fourth-order valence-electron chi connectivity index (χ4n) is 2.37. The maximum Gasteiger partial charge on any atom is 0.150 e. The average Bonchev–Trinajstić information content (AvgIpc) is 2.71. The van der Waals surface area contributed by atoms with E-state index in [0.29, 0.717) is 12.2 Å². The zero-order valence-corrected chi connectivity index (χ0v) is 11.0. The lowest BCUT2D eigenvalue weighted by Crippen LogP contribution is -2.13. The lowest BCUT2D eigenvalue weighted by Gasteiger charge is -2.16. The first-order valence-electron chi connectivity index (χ1n) is 5.80. The van der Waals surface area contributed by atoms with Gasteiger partial charge in [-0.3, -0.25) is 0 Å². The molecule has 1 aliphatic heterocycles. The van der Waals surface area contributed by atoms with Crippen LogP contribution in [-0.2, 0) is 9.84 Å². The van der Waals surface area contributed by atoms with E-state index in [1.165, 1.54) is 0 Å². The third-order valence-corrected chi connectivity index (χ3v) is 5.12. The van der Waals surface area contributed by atoms with E-state index in [4.69, 9.17) is 4.74 Å². The third kappa shape index (κ3) is 2.65. The molecule has 0 aliphatic carbocycles. The number of hydrogen-bond donors (Lipinski definition) is 0. The second-order valence-electron chi connectivity index (χ2n) is 4.55. The van der Waals surface area contributed by atoms with Crippen molar-refractivity contribution in [2.75, 3.05) is 18.6 Å². The molecule has 0 spiro atoms. The van der Waals surface area contributed by atoms with Crippen LogP contribution in [0.25, 0.3) is 0 Å². The Balaban J connectivity index is 2.26. The summed E-state index contributed by atoms with van der Waals surface area (Å²) < 4.78 is 28.1. The summed E-state index contributed by atoms with van der Waals surface area (Å²) in [5, 5.41) is 9.29. The van der Waals surface area contributed by atoms with Crippen molar-refractivity contribution in [1.82, 2.24) is 0 Å². The molecule has 1 fully saturated rings. The minimum atomic E-state index is -2.96. The smallest absolute Gasteiger partial charge is 0.150 e. The Morgan fingerprint density at radius 2 is 2.28 bits per heavy atom. The molecule has 0 saturated carbocycles. The molecule has 2 atom stereocenters. The van der Waals surface area contributed by atoms with Crippen LogP contribution < -0.4 is 4.74 Å². The van der Waals surface area contributed by atoms with Gasteiger partial charge >= 0.3 is 0 Å². The predicted octanol–water partition coefficient (Wildman–Crippen LogP) is 1.74. The van der Waals surface area contributed by atoms with Crippen molar-refractivity contribution in [3.63, 3.8) is 0 Å². The molecule has 18 heavy (non-hydrogen) atoms. The van der Waals surface area contributed by atoms with E-state index < -0.39 is 9.84 Å². The molecule has 1 aromatic rings. The van der Waals surface area contributed by atoms with Gasteiger partial charge in [0.2, 0.25) is 0 Å². The summed E-state index contributed by atoms with van der Waals surface area (Å²) in [5.74, 6) is 0.514. The monoisotopic (exact) mass is 265 g/mol. The number of hydrogen-bond acceptors (Lipinski definition) is 4. The van der Waals surface area contributed by atoms with Crippen LogP contribution in [0, 0.1) is 17.2 Å². The number of nitrogens with zero attached hydrogens (tertiary/aromatic N) is 1. The fraction of sp³-hybridized carbons (Fsp3) is 0.462. The van der Waals surface area contributed by atoms with E-state index >= 15 is 0 Å². The van der Waals surface area contributed by atoms with E-state index in [0.717, 1.165) is 5.56 Å². The molecule has 2 unspecified atom stereocenters. The topological polar surface area (TPSA) is 67.2 Å². The van der Waals surface area contributed by atoms with Crippen molar-refractivity contribution in [3.8, 4) is 11.8 Å². The van der Waals surface area contributed by atoms with Crippen molar-refractivity contribution in [1.29, 1.82) is 5.26 Å². The van der Waals surface area contributed by atoms with Crippen LogP contribution in [0.4, 0.5) is 0 Å². The number of benzene rings is 1. The summed E-state index contributed by atoms with van der Waals surface area (Å²) in [6.45, 7) is 0. The van der Waals surface area contributed by atoms with Gasteiger partial charge in [-0.15, -0.1) is 0 Å². The van der Waals surface area contributed by atoms with Crippen LogP contribution in [0.15, 0.2) is 24.3 Å². The van der Waals surface area contributed by atoms with Crippen molar-refractivity contribution in [2.24, 2.45) is 5.92 Å². The first-order valence-corrected chi connectivity index (χ1v) is 7.62. The number of sulfone groups is 1. The molecule has 0 bridgehead atoms. The van der Waals surface area contributed by atoms with E-state index in [-0.39, 0.29) is 23.3 Å². The molecule has 0 aromatic heterocycles. The van der Waals surface area contributed by atoms with Crippen molar-refractivity contribution < 1.29 is 13.2 Å². The minimum absolute atomic E-state index is 0.105. The molecule has 0 amide bonds. The Hall–Kier alpha value is -1.54. The van der Waals surface area contributed by atoms with Gasteiger partial charge in [0.05, 0.1) is 30.6 Å². The van der Waals surface area contributed by atoms with Gasteiger partial charge in [-0.05, 0) is 30.0 Å². The summed E-state index contributed by atoms with van der Waals surface area (Å²) in [4.78, 5) is 0. The number of rotatable bonds is 3. The molecule has 5 heteroatoms. The van der Waals surface area contributed by atoms with Gasteiger partial charge in [0.15, 0.2) is 9.84 Å². The second kappa shape index (κ2) is 4.99. The minimum Gasteiger partial charge on any atom is -0.497 e. The highest BCUT2D eigenvalue weighted by Gasteiger charge is 2.34. The molecule has 0 N–H and O–H groups in total. The normalized spacial score (nSPS) is 23.2. The van der Waals surface area contributed by atoms with Crippen molar-refractivity contribution in [3.05, 3.63) is 29.8 Å². The van der Waals surface area contributed by atoms with Crippen LogP contribution in [0.5, 0.6) is 5.75 Å². The molecular weight excluding hydrogens is 250 g/mol. The second-order valence-corrected chi connectivity index (χ2v) is 6.78. The molecule has 2 rings (SSSR count). The largest absolute Gasteiger partial charge is 0.497 e. The average molecular weight is 265 g/mol. The SMILES string of the molecule is COc1cccc(C(C#N)C2CCS(=O)(=O)C2)c1. The molecule has 1 heterocycles. The Morgan fingerprint density at radius 3 is 2.83 bits per heavy atom. The van der Waals surface area contributed by atoms with Crippen molar-refractivity contribution in [2.45, 2.75) is 12.3 Å². The molecule has 1 aromatic carbocycles. The van der Waals surface area contributed by atoms with Gasteiger partial charge in [-0.2, -0.15) is 5.26 Å². The Morgan fingerprint density at radius 1 is 1.50 bits per heavy atom. The van der Waals surface area contributed by atoms with Gasteiger partial charge in [0.25, 0.3) is 0 Å². The molecule has 1 saturated heterocycles. The standard InChI is InChI=1S/C13H15NO3S/c1-17-12-4-2-3-10(7-12)13(8-14)11-5-6-18(15,16)9-11/h2-4,7,11,13H,5-6,9H2,1H3. The quantitative estimate of drug-likeness (QED) is 0.834. The van der Waals surface area contributed by atoms with E-state index in [9.17, 15) is 13.7 Å². The highest BCUT2D eigenvalue weighted by molar-refractivity contribution is 7.91. The van der Waals surface area contributed by atoms with E-state index in [1.54, 1.807) is 13.2 Å². The Kier molecular flexibility index (Phi) is 3.58. The number of nitriles is 1. The predicted molar refractivity (Wildman–Crippen MR) is 68.1 cm³/mol. The molecule has 4 nitrogen and oxygen atoms in total. The van der Waals surface area contributed by atoms with Gasteiger partial charge in [-0.25, -0.2) is 8.42 Å². The summed E-state index contributed by atoms with van der Waals surface area (Å²) in [6.07, 6.45) is 0.567. The number of ether oxygens (including phenoxy) is 1. The van der Waals surface area contributed by atoms with Gasteiger partial charge in [-0.1, -0.05) is 12.1 Å². The first-order chi connectivity index (χ1) is 8.55. The molecule has 96 valence electrons. The maximum absolute atomic E-state index is 11.5. The van der Waals surface area contributed by atoms with E-state index in [2.05, 4.69) is 6.07 Å². The number of methoxy groups -OCH3 is 1. The van der Waals surface area contributed by atoms with Crippen LogP contribution >= 0.6 is 0 Å². The Labute approximate surface area is 107 Å². The fourth-order valence-corrected chi connectivity index (χ4v) is 4.21. The zero-order chi connectivity index (χ0) is 13.2. The van der Waals surface area contributed by atoms with E-state index in [1.807, 2.05) is 18.2 Å². The maximum atomic E-state index is 11.5. The van der Waals surface area contributed by atoms with Crippen LogP contribution in [0.1, 0.15) is 17.9 Å². The van der Waals surface area contributed by atoms with Crippen molar-refractivity contribution >= 4 is 9.84 Å². The highest BCUT2D eigenvalue weighted by Crippen LogP contribution is 2.33. The van der Waals surface area contributed by atoms with Crippen LogP contribution in [0.3, 0.4) is 0 Å². The summed E-state index contributed by atoms with van der Waals surface area (Å²) in [7, 11) is -1.39. The molecular formula is C13H15NO3S. The zero-order valence-electron chi connectivity index (χ0n) is 10.2. The van der Waals surface area contributed by atoms with Gasteiger partial charge < -0.3 is 4.74 Å². The Bertz CT molecular complexity index is 574. The van der Waals surface area contributed by atoms with Gasteiger partial charge in [0, 0.05) is 0 Å². The molecule has 0 radical (unpaired) electrons. The summed E-state index contributed by atoms with van der Waals surface area (Å²) in [6, 6.07) is 9.51. The van der Waals surface area contributed by atoms with Crippen LogP contribution in [0.2, 0.25) is 0 Å². The highest BCUT2D eigenvalue weighted by atomic mass is 32.2.